The largest absolute Gasteiger partial charge is 0.396 e. The zero-order valence-corrected chi connectivity index (χ0v) is 17.8. The van der Waals surface area contributed by atoms with Crippen LogP contribution in [0.5, 0.6) is 0 Å². The second-order valence-electron chi connectivity index (χ2n) is 7.75. The third-order valence-electron chi connectivity index (χ3n) is 5.56. The minimum atomic E-state index is -3.84. The van der Waals surface area contributed by atoms with Crippen molar-refractivity contribution in [3.8, 4) is 23.7 Å². The molecule has 0 bridgehead atoms. The quantitative estimate of drug-likeness (QED) is 0.343. The number of fused-ring (bicyclic) bond motifs is 1. The van der Waals surface area contributed by atoms with Crippen LogP contribution in [-0.4, -0.2) is 52.0 Å². The highest BCUT2D eigenvalue weighted by atomic mass is 32.2. The summed E-state index contributed by atoms with van der Waals surface area (Å²) in [5.74, 6) is 9.63. The number of aryl methyl sites for hydroxylation is 1. The normalized spacial score (nSPS) is 19.5. The first-order chi connectivity index (χ1) is 14.6. The Morgan fingerprint density at radius 2 is 2.16 bits per heavy atom. The fourth-order valence-corrected chi connectivity index (χ4v) is 3.93. The Labute approximate surface area is 179 Å². The summed E-state index contributed by atoms with van der Waals surface area (Å²) in [7, 11) is -3.84. The highest BCUT2D eigenvalue weighted by Crippen LogP contribution is 2.36. The Bertz CT molecular complexity index is 1250. The van der Waals surface area contributed by atoms with Gasteiger partial charge in [0.1, 0.15) is 5.82 Å². The number of aliphatic hydroxyl groups is 1. The monoisotopic (exact) mass is 447 g/mol. The summed E-state index contributed by atoms with van der Waals surface area (Å²) in [4.78, 5) is 11.9. The Morgan fingerprint density at radius 1 is 1.42 bits per heavy atom. The molecule has 1 aromatic heterocycles. The maximum absolute atomic E-state index is 14.8. The van der Waals surface area contributed by atoms with E-state index in [-0.39, 0.29) is 42.4 Å². The number of carbonyl (C=O) groups excluding carboxylic acids is 1. The number of hydrogen-bond acceptors (Lipinski definition) is 6. The summed E-state index contributed by atoms with van der Waals surface area (Å²) in [5.41, 5.74) is 1.89. The van der Waals surface area contributed by atoms with Crippen LogP contribution in [0.25, 0.3) is 10.9 Å². The molecule has 0 spiro atoms. The number of aromatic nitrogens is 2. The molecule has 1 aliphatic rings. The Hall–Kier alpha value is -2.92. The number of amides is 1. The van der Waals surface area contributed by atoms with E-state index in [1.165, 1.54) is 29.3 Å². The molecule has 0 radical (unpaired) electrons. The molecule has 1 amide bonds. The second kappa shape index (κ2) is 8.67. The molecule has 1 aliphatic carbocycles. The first-order valence-corrected chi connectivity index (χ1v) is 11.4. The van der Waals surface area contributed by atoms with Crippen LogP contribution in [0.15, 0.2) is 18.3 Å². The summed E-state index contributed by atoms with van der Waals surface area (Å²) in [6.07, 6.45) is 2.99. The van der Waals surface area contributed by atoms with Gasteiger partial charge in [-0.3, -0.25) is 14.7 Å². The Kier molecular flexibility index (Phi) is 6.37. The molecule has 1 fully saturated rings. The summed E-state index contributed by atoms with van der Waals surface area (Å²) in [6, 6.07) is 3.07. The number of rotatable bonds is 6. The van der Waals surface area contributed by atoms with Gasteiger partial charge in [0.05, 0.1) is 16.5 Å². The molecule has 31 heavy (non-hydrogen) atoms. The number of nitrogens with zero attached hydrogens (tertiary/aromatic N) is 2. The summed E-state index contributed by atoms with van der Waals surface area (Å²) in [5, 5.41) is 22.3. The van der Waals surface area contributed by atoms with Crippen LogP contribution in [-0.2, 0) is 21.2 Å². The van der Waals surface area contributed by atoms with E-state index in [9.17, 15) is 17.6 Å². The van der Waals surface area contributed by atoms with E-state index < -0.39 is 26.3 Å². The van der Waals surface area contributed by atoms with E-state index in [0.29, 0.717) is 5.52 Å². The molecule has 3 atom stereocenters. The molecule has 1 aromatic carbocycles. The topological polar surface area (TPSA) is 122 Å². The lowest BCUT2D eigenvalue weighted by molar-refractivity contribution is -0.131. The number of carbonyl (C=O) groups is 1. The molecule has 3 N–H and O–H groups in total. The summed E-state index contributed by atoms with van der Waals surface area (Å²) < 4.78 is 38.4. The van der Waals surface area contributed by atoms with Crippen LogP contribution in [0, 0.1) is 41.3 Å². The Morgan fingerprint density at radius 3 is 2.77 bits per heavy atom. The highest BCUT2D eigenvalue weighted by Gasteiger charge is 2.43. The summed E-state index contributed by atoms with van der Waals surface area (Å²) in [6.45, 7) is 1.32. The van der Waals surface area contributed by atoms with Crippen molar-refractivity contribution in [1.29, 1.82) is 0 Å². The van der Waals surface area contributed by atoms with E-state index in [1.54, 1.807) is 6.07 Å². The molecule has 1 heterocycles. The number of sulfone groups is 1. The van der Waals surface area contributed by atoms with Crippen LogP contribution in [0.4, 0.5) is 4.39 Å². The average Bonchev–Trinajstić information content (AvgIpc) is 3.36. The SMILES string of the molecule is CC(CCn1cc2c(F)c(C#CC#CC3C[C@@H]3CO)ccc2n1)(C(=O)NO)S(C)(=O)=O. The van der Waals surface area contributed by atoms with Crippen LogP contribution in [0.1, 0.15) is 25.3 Å². The second-order valence-corrected chi connectivity index (χ2v) is 10.2. The molecule has 0 saturated heterocycles. The minimum absolute atomic E-state index is 0.00497. The molecule has 8 nitrogen and oxygen atoms in total. The van der Waals surface area contributed by atoms with Crippen molar-refractivity contribution in [1.82, 2.24) is 15.3 Å². The molecule has 10 heteroatoms. The van der Waals surface area contributed by atoms with Gasteiger partial charge >= 0.3 is 0 Å². The van der Waals surface area contributed by atoms with Crippen molar-refractivity contribution in [2.75, 3.05) is 12.9 Å². The first-order valence-electron chi connectivity index (χ1n) is 9.53. The predicted octanol–water partition coefficient (Wildman–Crippen LogP) is 0.858. The van der Waals surface area contributed by atoms with E-state index >= 15 is 0 Å². The van der Waals surface area contributed by atoms with Gasteiger partial charge in [0, 0.05) is 31.5 Å². The minimum Gasteiger partial charge on any atom is -0.396 e. The van der Waals surface area contributed by atoms with Gasteiger partial charge in [0.15, 0.2) is 14.6 Å². The van der Waals surface area contributed by atoms with Gasteiger partial charge in [-0.1, -0.05) is 5.92 Å². The molecular formula is C21H22FN3O5S. The number of hydroxylamine groups is 1. The van der Waals surface area contributed by atoms with Crippen molar-refractivity contribution in [2.45, 2.75) is 31.1 Å². The van der Waals surface area contributed by atoms with Gasteiger partial charge in [-0.15, -0.1) is 0 Å². The molecular weight excluding hydrogens is 425 g/mol. The van der Waals surface area contributed by atoms with Crippen molar-refractivity contribution in [3.63, 3.8) is 0 Å². The maximum atomic E-state index is 14.8. The van der Waals surface area contributed by atoms with Gasteiger partial charge in [0.25, 0.3) is 5.91 Å². The molecule has 164 valence electrons. The lowest BCUT2D eigenvalue weighted by Gasteiger charge is -2.24. The zero-order valence-electron chi connectivity index (χ0n) is 17.0. The third kappa shape index (κ3) is 4.72. The van der Waals surface area contributed by atoms with Gasteiger partial charge in [-0.25, -0.2) is 18.3 Å². The van der Waals surface area contributed by atoms with Crippen LogP contribution >= 0.6 is 0 Å². The number of nitrogens with one attached hydrogen (secondary N) is 1. The number of halogens is 1. The van der Waals surface area contributed by atoms with Gasteiger partial charge < -0.3 is 5.11 Å². The molecule has 2 unspecified atom stereocenters. The number of hydrogen-bond donors (Lipinski definition) is 3. The predicted molar refractivity (Wildman–Crippen MR) is 111 cm³/mol. The highest BCUT2D eigenvalue weighted by molar-refractivity contribution is 7.92. The Balaban J connectivity index is 1.79. The summed E-state index contributed by atoms with van der Waals surface area (Å²) >= 11 is 0. The van der Waals surface area contributed by atoms with Gasteiger partial charge in [-0.05, 0) is 55.6 Å². The van der Waals surface area contributed by atoms with Gasteiger partial charge in [0.2, 0.25) is 0 Å². The standard InChI is InChI=1S/C21H22FN3O5S/c1-21(20(27)24-28,31(2,29)30)9-10-25-12-17-18(23-25)8-7-14(19(17)22)5-3-4-6-15-11-16(15)13-26/h7-8,12,15-16,26,28H,9-11,13H2,1-2H3,(H,24,27)/t15?,16-,21?/m1/s1. The van der Waals surface area contributed by atoms with E-state index in [1.807, 2.05) is 0 Å². The molecule has 2 aromatic rings. The van der Waals surface area contributed by atoms with E-state index in [4.69, 9.17) is 10.3 Å². The van der Waals surface area contributed by atoms with Crippen molar-refractivity contribution >= 4 is 26.6 Å². The average molecular weight is 447 g/mol. The lowest BCUT2D eigenvalue weighted by Crippen LogP contribution is -2.49. The van der Waals surface area contributed by atoms with Crippen LogP contribution < -0.4 is 5.48 Å². The fraction of sp³-hybridized carbons (Fsp3) is 0.429. The van der Waals surface area contributed by atoms with Gasteiger partial charge in [-0.2, -0.15) is 5.10 Å². The van der Waals surface area contributed by atoms with Crippen molar-refractivity contribution < 1.29 is 27.9 Å². The third-order valence-corrected chi connectivity index (χ3v) is 7.59. The van der Waals surface area contributed by atoms with Crippen molar-refractivity contribution in [3.05, 3.63) is 29.7 Å². The van der Waals surface area contributed by atoms with Crippen LogP contribution in [0.3, 0.4) is 0 Å². The molecule has 3 rings (SSSR count). The van der Waals surface area contributed by atoms with E-state index in [0.717, 1.165) is 12.7 Å². The lowest BCUT2D eigenvalue weighted by atomic mass is 10.1. The maximum Gasteiger partial charge on any atom is 0.264 e. The van der Waals surface area contributed by atoms with Crippen molar-refractivity contribution in [2.24, 2.45) is 11.8 Å². The first kappa shape index (κ1) is 22.8. The number of benzene rings is 1. The fourth-order valence-electron chi connectivity index (χ4n) is 3.09. The number of aliphatic hydroxyl groups excluding tert-OH is 1. The van der Waals surface area contributed by atoms with E-state index in [2.05, 4.69) is 28.8 Å². The molecule has 0 aliphatic heterocycles. The smallest absolute Gasteiger partial charge is 0.264 e. The zero-order chi connectivity index (χ0) is 22.8. The molecule has 1 saturated carbocycles. The van der Waals surface area contributed by atoms with Crippen LogP contribution in [0.2, 0.25) is 0 Å².